The average Bonchev–Trinajstić information content (AvgIpc) is 3.27. The number of allylic oxidation sites excluding steroid dienone is 4. The minimum absolute atomic E-state index is 0.0150. The fraction of sp³-hybridized carbons (Fsp3) is 0.358. The van der Waals surface area contributed by atoms with Crippen molar-refractivity contribution in [2.45, 2.75) is 117 Å². The van der Waals surface area contributed by atoms with Gasteiger partial charge in [-0.3, -0.25) is 0 Å². The quantitative estimate of drug-likeness (QED) is 0.170. The molecular formula is C53H59N. The minimum Gasteiger partial charge on any atom is -0.311 e. The zero-order valence-electron chi connectivity index (χ0n) is 34.4. The number of nitrogens with zero attached hydrogens (tertiary/aromatic N) is 1. The van der Waals surface area contributed by atoms with Crippen molar-refractivity contribution in [1.82, 2.24) is 0 Å². The Morgan fingerprint density at radius 2 is 0.963 bits per heavy atom. The van der Waals surface area contributed by atoms with E-state index in [1.807, 2.05) is 0 Å². The first-order valence-corrected chi connectivity index (χ1v) is 20.3. The molecule has 3 aliphatic rings. The molecule has 5 aromatic carbocycles. The average molecular weight is 710 g/mol. The highest BCUT2D eigenvalue weighted by Gasteiger charge is 2.57. The largest absolute Gasteiger partial charge is 0.311 e. The number of rotatable bonds is 6. The van der Waals surface area contributed by atoms with Gasteiger partial charge in [-0.05, 0) is 157 Å². The Morgan fingerprint density at radius 3 is 1.52 bits per heavy atom. The van der Waals surface area contributed by atoms with E-state index in [-0.39, 0.29) is 27.1 Å². The fourth-order valence-corrected chi connectivity index (χ4v) is 9.80. The molecule has 0 bridgehead atoms. The van der Waals surface area contributed by atoms with Crippen LogP contribution in [-0.4, -0.2) is 0 Å². The van der Waals surface area contributed by atoms with Gasteiger partial charge >= 0.3 is 0 Å². The van der Waals surface area contributed by atoms with Crippen molar-refractivity contribution in [1.29, 1.82) is 0 Å². The lowest BCUT2D eigenvalue weighted by molar-refractivity contribution is 0.125. The molecule has 54 heavy (non-hydrogen) atoms. The van der Waals surface area contributed by atoms with Gasteiger partial charge in [0, 0.05) is 17.1 Å². The van der Waals surface area contributed by atoms with Crippen LogP contribution >= 0.6 is 0 Å². The first-order chi connectivity index (χ1) is 25.5. The van der Waals surface area contributed by atoms with Crippen molar-refractivity contribution < 1.29 is 0 Å². The predicted octanol–water partition coefficient (Wildman–Crippen LogP) is 15.2. The van der Waals surface area contributed by atoms with Crippen LogP contribution in [0.5, 0.6) is 0 Å². The summed E-state index contributed by atoms with van der Waals surface area (Å²) in [5, 5.41) is 0. The summed E-state index contributed by atoms with van der Waals surface area (Å²) in [4.78, 5) is 2.38. The number of anilines is 3. The van der Waals surface area contributed by atoms with E-state index in [1.54, 1.807) is 0 Å². The molecule has 5 aromatic rings. The number of hydrogen-bond acceptors (Lipinski definition) is 1. The summed E-state index contributed by atoms with van der Waals surface area (Å²) in [6, 6.07) is 41.8. The lowest BCUT2D eigenvalue weighted by Gasteiger charge is -2.44. The van der Waals surface area contributed by atoms with Crippen molar-refractivity contribution in [2.75, 3.05) is 4.90 Å². The van der Waals surface area contributed by atoms with E-state index in [2.05, 4.69) is 202 Å². The number of para-hydroxylation sites is 1. The zero-order valence-corrected chi connectivity index (χ0v) is 34.4. The monoisotopic (exact) mass is 709 g/mol. The third-order valence-electron chi connectivity index (χ3n) is 14.8. The van der Waals surface area contributed by atoms with Gasteiger partial charge in [0.15, 0.2) is 0 Å². The van der Waals surface area contributed by atoms with E-state index >= 15 is 0 Å². The van der Waals surface area contributed by atoms with Gasteiger partial charge in [-0.1, -0.05) is 148 Å². The van der Waals surface area contributed by atoms with Crippen LogP contribution in [0.15, 0.2) is 127 Å². The molecule has 1 heteroatoms. The molecule has 0 heterocycles. The van der Waals surface area contributed by atoms with Crippen LogP contribution in [0.1, 0.15) is 123 Å². The topological polar surface area (TPSA) is 3.24 Å². The van der Waals surface area contributed by atoms with E-state index in [1.165, 1.54) is 68.5 Å². The van der Waals surface area contributed by atoms with E-state index in [0.717, 1.165) is 29.9 Å². The Bertz CT molecular complexity index is 2270. The van der Waals surface area contributed by atoms with Crippen molar-refractivity contribution >= 4 is 22.6 Å². The molecular weight excluding hydrogens is 651 g/mol. The molecule has 3 aliphatic carbocycles. The third kappa shape index (κ3) is 5.73. The lowest BCUT2D eigenvalue weighted by atomic mass is 9.59. The van der Waals surface area contributed by atoms with E-state index < -0.39 is 0 Å². The van der Waals surface area contributed by atoms with Crippen molar-refractivity contribution in [3.8, 4) is 22.3 Å². The van der Waals surface area contributed by atoms with Gasteiger partial charge in [0.05, 0.1) is 0 Å². The van der Waals surface area contributed by atoms with Gasteiger partial charge in [0.2, 0.25) is 0 Å². The molecule has 0 aliphatic heterocycles. The highest BCUT2D eigenvalue weighted by molar-refractivity contribution is 5.88. The van der Waals surface area contributed by atoms with Crippen LogP contribution in [0.25, 0.3) is 27.8 Å². The SMILES string of the molecule is CC1(C)CCC(C)(C)c2cc(-c3cc4c(cc3-c3ccc(N(c5ccccc5)c5ccc(C6=CC=CCC6)cc5)cc3)C(C)(C)C(C)(C)C4(C)C)ccc21. The molecule has 0 fully saturated rings. The molecule has 0 saturated carbocycles. The van der Waals surface area contributed by atoms with E-state index in [0.29, 0.717) is 0 Å². The number of benzene rings is 5. The summed E-state index contributed by atoms with van der Waals surface area (Å²) in [5.74, 6) is 0. The molecule has 276 valence electrons. The van der Waals surface area contributed by atoms with Crippen LogP contribution in [0, 0.1) is 5.41 Å². The Labute approximate surface area is 325 Å². The molecule has 8 rings (SSSR count). The Kier molecular flexibility index (Phi) is 8.57. The predicted molar refractivity (Wildman–Crippen MR) is 233 cm³/mol. The normalized spacial score (nSPS) is 19.8. The van der Waals surface area contributed by atoms with Gasteiger partial charge < -0.3 is 4.90 Å². The van der Waals surface area contributed by atoms with Crippen LogP contribution in [0.4, 0.5) is 17.1 Å². The van der Waals surface area contributed by atoms with Gasteiger partial charge in [-0.2, -0.15) is 0 Å². The smallest absolute Gasteiger partial charge is 0.0462 e. The Morgan fingerprint density at radius 1 is 0.463 bits per heavy atom. The molecule has 0 atom stereocenters. The maximum atomic E-state index is 2.58. The second kappa shape index (κ2) is 12.7. The fourth-order valence-electron chi connectivity index (χ4n) is 9.80. The Hall–Kier alpha value is -4.62. The van der Waals surface area contributed by atoms with Crippen LogP contribution in [0.3, 0.4) is 0 Å². The number of hydrogen-bond donors (Lipinski definition) is 0. The summed E-state index contributed by atoms with van der Waals surface area (Å²) in [5.41, 5.74) is 17.9. The van der Waals surface area contributed by atoms with Gasteiger partial charge in [0.25, 0.3) is 0 Å². The molecule has 0 saturated heterocycles. The number of fused-ring (bicyclic) bond motifs is 2. The first kappa shape index (κ1) is 36.4. The molecule has 0 spiro atoms. The highest BCUT2D eigenvalue weighted by atomic mass is 15.1. The molecule has 0 aromatic heterocycles. The summed E-state index contributed by atoms with van der Waals surface area (Å²) in [6.45, 7) is 24.5. The van der Waals surface area contributed by atoms with Crippen LogP contribution in [-0.2, 0) is 21.7 Å². The second-order valence-electron chi connectivity index (χ2n) is 19.3. The molecule has 0 unspecified atom stereocenters. The maximum Gasteiger partial charge on any atom is 0.0462 e. The minimum atomic E-state index is 0.0150. The summed E-state index contributed by atoms with van der Waals surface area (Å²) in [6.07, 6.45) is 11.3. The third-order valence-corrected chi connectivity index (χ3v) is 14.8. The van der Waals surface area contributed by atoms with Crippen molar-refractivity contribution in [2.24, 2.45) is 5.41 Å². The Balaban J connectivity index is 1.27. The molecule has 0 N–H and O–H groups in total. The second-order valence-corrected chi connectivity index (χ2v) is 19.3. The first-order valence-electron chi connectivity index (χ1n) is 20.3. The summed E-state index contributed by atoms with van der Waals surface area (Å²) < 4.78 is 0. The van der Waals surface area contributed by atoms with Crippen molar-refractivity contribution in [3.05, 3.63) is 155 Å². The van der Waals surface area contributed by atoms with Gasteiger partial charge in [-0.25, -0.2) is 0 Å². The van der Waals surface area contributed by atoms with Gasteiger partial charge in [0.1, 0.15) is 0 Å². The molecule has 0 amide bonds. The zero-order chi connectivity index (χ0) is 38.3. The van der Waals surface area contributed by atoms with Gasteiger partial charge in [-0.15, -0.1) is 0 Å². The van der Waals surface area contributed by atoms with Crippen molar-refractivity contribution in [3.63, 3.8) is 0 Å². The maximum absolute atomic E-state index is 2.58. The highest BCUT2D eigenvalue weighted by Crippen LogP contribution is 2.63. The van der Waals surface area contributed by atoms with Crippen LogP contribution in [0.2, 0.25) is 0 Å². The molecule has 0 radical (unpaired) electrons. The van der Waals surface area contributed by atoms with E-state index in [9.17, 15) is 0 Å². The lowest BCUT2D eigenvalue weighted by Crippen LogP contribution is -2.42. The van der Waals surface area contributed by atoms with Crippen LogP contribution < -0.4 is 4.90 Å². The standard InChI is InChI=1S/C53H59N/c1-49(2)31-32-50(3,4)46-33-39(25-30-45(46)49)44-35-48-47(51(5,6)53(9,10)52(48,7)8)34-43(44)38-23-28-42(29-24-38)54(40-19-15-12-16-20-40)41-26-21-37(22-27-41)36-17-13-11-14-18-36/h11-13,15-17,19-30,33-35H,14,18,31-32H2,1-10H3. The summed E-state index contributed by atoms with van der Waals surface area (Å²) >= 11 is 0. The van der Waals surface area contributed by atoms with E-state index in [4.69, 9.17) is 0 Å². The molecule has 1 nitrogen and oxygen atoms in total. The summed E-state index contributed by atoms with van der Waals surface area (Å²) in [7, 11) is 0.